The van der Waals surface area contributed by atoms with Gasteiger partial charge in [-0.1, -0.05) is 12.1 Å². The number of benzene rings is 1. The summed E-state index contributed by atoms with van der Waals surface area (Å²) in [5, 5.41) is 13.6. The predicted molar refractivity (Wildman–Crippen MR) is 74.4 cm³/mol. The van der Waals surface area contributed by atoms with E-state index in [0.717, 1.165) is 17.7 Å². The molecule has 6 nitrogen and oxygen atoms in total. The Balaban J connectivity index is 1.97. The first kappa shape index (κ1) is 14.9. The Labute approximate surface area is 120 Å². The third-order valence-corrected chi connectivity index (χ3v) is 2.90. The SMILES string of the molecule is COc1ncccc1CNCc1ccc([N+](=O)[O-])c(F)c1. The topological polar surface area (TPSA) is 77.3 Å². The minimum Gasteiger partial charge on any atom is -0.481 e. The molecule has 0 saturated heterocycles. The van der Waals surface area contributed by atoms with Gasteiger partial charge in [0.25, 0.3) is 0 Å². The van der Waals surface area contributed by atoms with Crippen LogP contribution in [0.15, 0.2) is 36.5 Å². The number of hydrogen-bond acceptors (Lipinski definition) is 5. The van der Waals surface area contributed by atoms with Gasteiger partial charge in [-0.2, -0.15) is 4.39 Å². The molecule has 1 aromatic heterocycles. The quantitative estimate of drug-likeness (QED) is 0.653. The van der Waals surface area contributed by atoms with E-state index in [1.165, 1.54) is 13.2 Å². The van der Waals surface area contributed by atoms with Crippen molar-refractivity contribution >= 4 is 5.69 Å². The highest BCUT2D eigenvalue weighted by atomic mass is 19.1. The summed E-state index contributed by atoms with van der Waals surface area (Å²) < 4.78 is 18.6. The molecule has 110 valence electrons. The fourth-order valence-corrected chi connectivity index (χ4v) is 1.89. The maximum absolute atomic E-state index is 13.5. The van der Waals surface area contributed by atoms with Gasteiger partial charge in [0.2, 0.25) is 11.7 Å². The number of halogens is 1. The summed E-state index contributed by atoms with van der Waals surface area (Å²) in [6.07, 6.45) is 1.63. The number of nitro benzene ring substituents is 1. The van der Waals surface area contributed by atoms with Crippen LogP contribution < -0.4 is 10.1 Å². The third-order valence-electron chi connectivity index (χ3n) is 2.90. The van der Waals surface area contributed by atoms with Crippen molar-refractivity contribution in [3.05, 3.63) is 63.6 Å². The van der Waals surface area contributed by atoms with Crippen LogP contribution in [-0.4, -0.2) is 17.0 Å². The molecule has 0 amide bonds. The van der Waals surface area contributed by atoms with Gasteiger partial charge in [0, 0.05) is 30.9 Å². The highest BCUT2D eigenvalue weighted by Gasteiger charge is 2.13. The maximum atomic E-state index is 13.5. The molecule has 1 N–H and O–H groups in total. The number of methoxy groups -OCH3 is 1. The zero-order chi connectivity index (χ0) is 15.2. The third kappa shape index (κ3) is 3.73. The Kier molecular flexibility index (Phi) is 4.78. The van der Waals surface area contributed by atoms with Crippen LogP contribution in [0.2, 0.25) is 0 Å². The zero-order valence-corrected chi connectivity index (χ0v) is 11.4. The Morgan fingerprint density at radius 2 is 2.19 bits per heavy atom. The number of ether oxygens (including phenoxy) is 1. The van der Waals surface area contributed by atoms with Crippen LogP contribution in [0.4, 0.5) is 10.1 Å². The summed E-state index contributed by atoms with van der Waals surface area (Å²) in [7, 11) is 1.54. The maximum Gasteiger partial charge on any atom is 0.304 e. The Bertz CT molecular complexity index is 649. The van der Waals surface area contributed by atoms with Crippen molar-refractivity contribution in [1.29, 1.82) is 0 Å². The lowest BCUT2D eigenvalue weighted by molar-refractivity contribution is -0.387. The number of aromatic nitrogens is 1. The van der Waals surface area contributed by atoms with Crippen LogP contribution in [0.1, 0.15) is 11.1 Å². The van der Waals surface area contributed by atoms with Gasteiger partial charge in [-0.3, -0.25) is 10.1 Å². The molecule has 0 radical (unpaired) electrons. The predicted octanol–water partition coefficient (Wildman–Crippen LogP) is 2.43. The van der Waals surface area contributed by atoms with E-state index in [0.29, 0.717) is 24.5 Å². The highest BCUT2D eigenvalue weighted by molar-refractivity contribution is 5.35. The summed E-state index contributed by atoms with van der Waals surface area (Å²) >= 11 is 0. The van der Waals surface area contributed by atoms with Crippen LogP contribution in [0, 0.1) is 15.9 Å². The van der Waals surface area contributed by atoms with Crippen molar-refractivity contribution in [3.8, 4) is 5.88 Å². The highest BCUT2D eigenvalue weighted by Crippen LogP contribution is 2.18. The van der Waals surface area contributed by atoms with E-state index in [9.17, 15) is 14.5 Å². The molecule has 2 aromatic rings. The second-order valence-corrected chi connectivity index (χ2v) is 4.32. The van der Waals surface area contributed by atoms with Gasteiger partial charge < -0.3 is 10.1 Å². The van der Waals surface area contributed by atoms with Crippen LogP contribution in [0.25, 0.3) is 0 Å². The molecule has 1 aromatic carbocycles. The van der Waals surface area contributed by atoms with Gasteiger partial charge in [-0.15, -0.1) is 0 Å². The van der Waals surface area contributed by atoms with Crippen molar-refractivity contribution in [3.63, 3.8) is 0 Å². The fourth-order valence-electron chi connectivity index (χ4n) is 1.89. The normalized spacial score (nSPS) is 10.4. The van der Waals surface area contributed by atoms with Crippen LogP contribution in [-0.2, 0) is 13.1 Å². The van der Waals surface area contributed by atoms with Crippen LogP contribution in [0.3, 0.4) is 0 Å². The van der Waals surface area contributed by atoms with E-state index in [2.05, 4.69) is 10.3 Å². The lowest BCUT2D eigenvalue weighted by Gasteiger charge is -2.08. The molecule has 0 atom stereocenters. The smallest absolute Gasteiger partial charge is 0.304 e. The van der Waals surface area contributed by atoms with Gasteiger partial charge >= 0.3 is 5.69 Å². The second kappa shape index (κ2) is 6.76. The monoisotopic (exact) mass is 291 g/mol. The van der Waals surface area contributed by atoms with Crippen LogP contribution >= 0.6 is 0 Å². The lowest BCUT2D eigenvalue weighted by Crippen LogP contribution is -2.14. The lowest BCUT2D eigenvalue weighted by atomic mass is 10.2. The van der Waals surface area contributed by atoms with Gasteiger partial charge in [-0.05, 0) is 17.7 Å². The van der Waals surface area contributed by atoms with Crippen molar-refractivity contribution in [2.75, 3.05) is 7.11 Å². The minimum atomic E-state index is -0.835. The molecule has 0 saturated carbocycles. The van der Waals surface area contributed by atoms with Crippen LogP contribution in [0.5, 0.6) is 5.88 Å². The van der Waals surface area contributed by atoms with Gasteiger partial charge in [0.15, 0.2) is 0 Å². The van der Waals surface area contributed by atoms with E-state index in [4.69, 9.17) is 4.74 Å². The summed E-state index contributed by atoms with van der Waals surface area (Å²) in [5.74, 6) is -0.307. The van der Waals surface area contributed by atoms with Crippen molar-refractivity contribution < 1.29 is 14.1 Å². The molecule has 7 heteroatoms. The molecule has 0 unspecified atom stereocenters. The molecule has 0 aliphatic heterocycles. The summed E-state index contributed by atoms with van der Waals surface area (Å²) in [6.45, 7) is 0.878. The molecule has 0 aliphatic carbocycles. The van der Waals surface area contributed by atoms with E-state index < -0.39 is 16.4 Å². The van der Waals surface area contributed by atoms with Gasteiger partial charge in [0.1, 0.15) is 0 Å². The van der Waals surface area contributed by atoms with E-state index >= 15 is 0 Å². The molecular formula is C14H14FN3O3. The summed E-state index contributed by atoms with van der Waals surface area (Å²) in [5.41, 5.74) is 0.982. The first-order valence-electron chi connectivity index (χ1n) is 6.23. The number of pyridine rings is 1. The number of hydrogen-bond donors (Lipinski definition) is 1. The fraction of sp³-hybridized carbons (Fsp3) is 0.214. The zero-order valence-electron chi connectivity index (χ0n) is 11.4. The van der Waals surface area contributed by atoms with Crippen molar-refractivity contribution in [2.24, 2.45) is 0 Å². The molecular weight excluding hydrogens is 277 g/mol. The van der Waals surface area contributed by atoms with Crippen molar-refractivity contribution in [2.45, 2.75) is 13.1 Å². The first-order chi connectivity index (χ1) is 10.1. The standard InChI is InChI=1S/C14H14FN3O3/c1-21-14-11(3-2-6-17-14)9-16-8-10-4-5-13(18(19)20)12(15)7-10/h2-7,16H,8-9H2,1H3. The molecule has 0 spiro atoms. The Morgan fingerprint density at radius 1 is 1.38 bits per heavy atom. The molecule has 0 aliphatic rings. The Hall–Kier alpha value is -2.54. The average Bonchev–Trinajstić information content (AvgIpc) is 2.47. The molecule has 0 fully saturated rings. The molecule has 0 bridgehead atoms. The van der Waals surface area contributed by atoms with Crippen molar-refractivity contribution in [1.82, 2.24) is 10.3 Å². The Morgan fingerprint density at radius 3 is 2.86 bits per heavy atom. The number of rotatable bonds is 6. The number of nitro groups is 1. The number of nitrogens with one attached hydrogen (secondary N) is 1. The average molecular weight is 291 g/mol. The first-order valence-corrected chi connectivity index (χ1v) is 6.23. The van der Waals surface area contributed by atoms with E-state index in [-0.39, 0.29) is 0 Å². The minimum absolute atomic E-state index is 0.382. The van der Waals surface area contributed by atoms with Gasteiger partial charge in [0.05, 0.1) is 12.0 Å². The summed E-state index contributed by atoms with van der Waals surface area (Å²) in [4.78, 5) is 13.9. The largest absolute Gasteiger partial charge is 0.481 e. The second-order valence-electron chi connectivity index (χ2n) is 4.32. The summed E-state index contributed by atoms with van der Waals surface area (Å²) in [6, 6.07) is 7.51. The van der Waals surface area contributed by atoms with E-state index in [1.54, 1.807) is 12.3 Å². The van der Waals surface area contributed by atoms with Gasteiger partial charge in [-0.25, -0.2) is 4.98 Å². The molecule has 2 rings (SSSR count). The number of nitrogens with zero attached hydrogens (tertiary/aromatic N) is 2. The molecule has 21 heavy (non-hydrogen) atoms. The molecule has 1 heterocycles. The van der Waals surface area contributed by atoms with E-state index in [1.807, 2.05) is 6.07 Å².